The van der Waals surface area contributed by atoms with Gasteiger partial charge < -0.3 is 30.0 Å². The predicted molar refractivity (Wildman–Crippen MR) is 167 cm³/mol. The molecule has 0 spiro atoms. The van der Waals surface area contributed by atoms with Gasteiger partial charge in [-0.1, -0.05) is 44.2 Å². The van der Waals surface area contributed by atoms with Crippen LogP contribution in [-0.4, -0.2) is 93.9 Å². The topological polar surface area (TPSA) is 178 Å². The molecule has 0 saturated heterocycles. The van der Waals surface area contributed by atoms with Crippen LogP contribution in [-0.2, 0) is 35.8 Å². The predicted octanol–water partition coefficient (Wildman–Crippen LogP) is 2.09. The van der Waals surface area contributed by atoms with Crippen molar-refractivity contribution in [1.29, 1.82) is 0 Å². The van der Waals surface area contributed by atoms with E-state index in [2.05, 4.69) is 10.6 Å². The second-order valence-corrected chi connectivity index (χ2v) is 16.5. The van der Waals surface area contributed by atoms with Crippen molar-refractivity contribution < 1.29 is 45.7 Å². The van der Waals surface area contributed by atoms with Crippen LogP contribution in [0.5, 0.6) is 11.5 Å². The van der Waals surface area contributed by atoms with E-state index in [1.54, 1.807) is 51.1 Å². The van der Waals surface area contributed by atoms with Crippen LogP contribution >= 0.6 is 0 Å². The van der Waals surface area contributed by atoms with Gasteiger partial charge in [0.25, 0.3) is 0 Å². The highest BCUT2D eigenvalue weighted by Crippen LogP contribution is 2.35. The van der Waals surface area contributed by atoms with Gasteiger partial charge in [0, 0.05) is 25.4 Å². The van der Waals surface area contributed by atoms with E-state index in [0.29, 0.717) is 5.75 Å². The number of ether oxygens (including phenoxy) is 3. The molecule has 0 aliphatic carbocycles. The van der Waals surface area contributed by atoms with Crippen molar-refractivity contribution in [3.8, 4) is 11.5 Å². The molecule has 0 bridgehead atoms. The van der Waals surface area contributed by atoms with Crippen molar-refractivity contribution in [2.75, 3.05) is 31.9 Å². The van der Waals surface area contributed by atoms with E-state index in [9.17, 15) is 31.5 Å². The highest BCUT2D eigenvalue weighted by Gasteiger charge is 2.35. The van der Waals surface area contributed by atoms with Gasteiger partial charge >= 0.3 is 6.09 Å². The number of amides is 2. The molecule has 3 rings (SSSR count). The fraction of sp³-hybridized carbons (Fsp3) is 0.533. The first-order valence-electron chi connectivity index (χ1n) is 14.4. The molecule has 0 saturated carbocycles. The summed E-state index contributed by atoms with van der Waals surface area (Å²) < 4.78 is 69.0. The van der Waals surface area contributed by atoms with Crippen LogP contribution in [0.25, 0.3) is 0 Å². The number of carbonyl (C=O) groups excluding carboxylic acids is 2. The Morgan fingerprint density at radius 1 is 0.978 bits per heavy atom. The molecule has 13 nitrogen and oxygen atoms in total. The first-order valence-corrected chi connectivity index (χ1v) is 17.9. The summed E-state index contributed by atoms with van der Waals surface area (Å²) in [6.07, 6.45) is -1.45. The number of sulfone groups is 1. The summed E-state index contributed by atoms with van der Waals surface area (Å²) in [4.78, 5) is 25.9. The Labute approximate surface area is 265 Å². The van der Waals surface area contributed by atoms with Crippen molar-refractivity contribution in [2.45, 2.75) is 69.7 Å². The number of sulfonamides is 1. The molecule has 1 heterocycles. The van der Waals surface area contributed by atoms with Crippen LogP contribution in [0.3, 0.4) is 0 Å². The molecule has 250 valence electrons. The van der Waals surface area contributed by atoms with E-state index in [1.807, 2.05) is 13.8 Å². The molecule has 45 heavy (non-hydrogen) atoms. The fourth-order valence-corrected chi connectivity index (χ4v) is 7.05. The van der Waals surface area contributed by atoms with Crippen LogP contribution in [0.1, 0.15) is 40.2 Å². The van der Waals surface area contributed by atoms with E-state index in [-0.39, 0.29) is 36.3 Å². The SMILES string of the molecule is CC(C)CN(CC(O)C(Cc1ccccc1)NC(=O)C(CS(C)(=O)=O)NC(=O)OC(C)(C)C)S(=O)(=O)c1ccc2c(c1)OCO2. The molecule has 1 aliphatic rings. The number of carbonyl (C=O) groups is 2. The lowest BCUT2D eigenvalue weighted by Crippen LogP contribution is -2.57. The zero-order valence-corrected chi connectivity index (χ0v) is 28.0. The summed E-state index contributed by atoms with van der Waals surface area (Å²) >= 11 is 0. The fourth-order valence-electron chi connectivity index (χ4n) is 4.57. The number of alkyl carbamates (subject to hydrolysis) is 1. The van der Waals surface area contributed by atoms with E-state index in [1.165, 1.54) is 18.2 Å². The third kappa shape index (κ3) is 11.2. The summed E-state index contributed by atoms with van der Waals surface area (Å²) in [5.41, 5.74) is -0.193. The maximum atomic E-state index is 13.8. The standard InChI is InChI=1S/C30H43N3O10S2/c1-20(2)16-33(45(39,40)22-12-13-26-27(15-22)42-19-41-26)17-25(34)23(14-21-10-8-7-9-11-21)31-28(35)24(18-44(6,37)38)32-29(36)43-30(3,4)5/h7-13,15,20,23-25,34H,14,16-19H2,1-6H3,(H,31,35)(H,32,36). The van der Waals surface area contributed by atoms with Crippen LogP contribution in [0, 0.1) is 5.92 Å². The third-order valence-electron chi connectivity index (χ3n) is 6.51. The van der Waals surface area contributed by atoms with Gasteiger partial charge in [-0.25, -0.2) is 21.6 Å². The molecule has 3 N–H and O–H groups in total. The minimum Gasteiger partial charge on any atom is -0.454 e. The average molecular weight is 670 g/mol. The van der Waals surface area contributed by atoms with Gasteiger partial charge in [0.05, 0.1) is 22.8 Å². The van der Waals surface area contributed by atoms with Crippen molar-refractivity contribution in [3.63, 3.8) is 0 Å². The maximum Gasteiger partial charge on any atom is 0.408 e. The molecule has 3 unspecified atom stereocenters. The molecular formula is C30H43N3O10S2. The zero-order chi connectivity index (χ0) is 33.6. The lowest BCUT2D eigenvalue weighted by molar-refractivity contribution is -0.124. The van der Waals surface area contributed by atoms with Crippen LogP contribution < -0.4 is 20.1 Å². The Hall–Kier alpha value is -3.40. The largest absolute Gasteiger partial charge is 0.454 e. The Kier molecular flexibility index (Phi) is 11.9. The van der Waals surface area contributed by atoms with E-state index in [4.69, 9.17) is 14.2 Å². The highest BCUT2D eigenvalue weighted by molar-refractivity contribution is 7.90. The molecule has 0 fully saturated rings. The van der Waals surface area contributed by atoms with Gasteiger partial charge in [-0.15, -0.1) is 0 Å². The number of hydrogen-bond acceptors (Lipinski definition) is 10. The number of rotatable bonds is 14. The molecule has 2 aromatic rings. The Balaban J connectivity index is 1.91. The van der Waals surface area contributed by atoms with E-state index in [0.717, 1.165) is 16.1 Å². The number of nitrogens with zero attached hydrogens (tertiary/aromatic N) is 1. The minimum absolute atomic E-state index is 0.0305. The normalized spacial score (nSPS) is 15.4. The van der Waals surface area contributed by atoms with Crippen LogP contribution in [0.15, 0.2) is 53.4 Å². The quantitative estimate of drug-likeness (QED) is 0.270. The van der Waals surface area contributed by atoms with Gasteiger partial charge in [0.15, 0.2) is 11.5 Å². The van der Waals surface area contributed by atoms with Gasteiger partial charge in [0.1, 0.15) is 21.5 Å². The summed E-state index contributed by atoms with van der Waals surface area (Å²) in [5, 5.41) is 16.5. The lowest BCUT2D eigenvalue weighted by Gasteiger charge is -2.31. The van der Waals surface area contributed by atoms with Gasteiger partial charge in [-0.3, -0.25) is 4.79 Å². The van der Waals surface area contributed by atoms with Gasteiger partial charge in [0.2, 0.25) is 22.7 Å². The maximum absolute atomic E-state index is 13.8. The lowest BCUT2D eigenvalue weighted by atomic mass is 10.0. The third-order valence-corrected chi connectivity index (χ3v) is 9.28. The molecule has 2 amide bonds. The van der Waals surface area contributed by atoms with Gasteiger partial charge in [-0.2, -0.15) is 4.31 Å². The van der Waals surface area contributed by atoms with Gasteiger partial charge in [-0.05, 0) is 50.8 Å². The number of aliphatic hydroxyl groups is 1. The second kappa shape index (κ2) is 14.8. The Morgan fingerprint density at radius 2 is 1.62 bits per heavy atom. The van der Waals surface area contributed by atoms with E-state index < -0.39 is 67.9 Å². The first kappa shape index (κ1) is 36.1. The van der Waals surface area contributed by atoms with Crippen molar-refractivity contribution in [3.05, 3.63) is 54.1 Å². The minimum atomic E-state index is -4.15. The number of benzene rings is 2. The van der Waals surface area contributed by atoms with Crippen molar-refractivity contribution >= 4 is 31.9 Å². The number of hydrogen-bond donors (Lipinski definition) is 3. The number of aliphatic hydroxyl groups excluding tert-OH is 1. The van der Waals surface area contributed by atoms with Crippen molar-refractivity contribution in [1.82, 2.24) is 14.9 Å². The van der Waals surface area contributed by atoms with Crippen LogP contribution in [0.2, 0.25) is 0 Å². The molecule has 15 heteroatoms. The number of nitrogens with one attached hydrogen (secondary N) is 2. The van der Waals surface area contributed by atoms with Crippen molar-refractivity contribution in [2.24, 2.45) is 5.92 Å². The monoisotopic (exact) mass is 669 g/mol. The Bertz CT molecular complexity index is 1540. The zero-order valence-electron chi connectivity index (χ0n) is 26.3. The average Bonchev–Trinajstić information content (AvgIpc) is 3.38. The summed E-state index contributed by atoms with van der Waals surface area (Å²) in [5.74, 6) is -1.05. The Morgan fingerprint density at radius 3 is 2.22 bits per heavy atom. The molecule has 0 aromatic heterocycles. The summed E-state index contributed by atoms with van der Waals surface area (Å²) in [6, 6.07) is 10.5. The highest BCUT2D eigenvalue weighted by atomic mass is 32.2. The number of fused-ring (bicyclic) bond motifs is 1. The summed E-state index contributed by atoms with van der Waals surface area (Å²) in [7, 11) is -7.91. The summed E-state index contributed by atoms with van der Waals surface area (Å²) in [6.45, 7) is 8.13. The molecular weight excluding hydrogens is 626 g/mol. The second-order valence-electron chi connectivity index (χ2n) is 12.4. The first-order chi connectivity index (χ1) is 20.8. The van der Waals surface area contributed by atoms with Crippen LogP contribution in [0.4, 0.5) is 4.79 Å². The molecule has 0 radical (unpaired) electrons. The van der Waals surface area contributed by atoms with E-state index >= 15 is 0 Å². The smallest absolute Gasteiger partial charge is 0.408 e. The molecule has 2 aromatic carbocycles. The molecule has 1 aliphatic heterocycles. The molecule has 3 atom stereocenters.